The van der Waals surface area contributed by atoms with E-state index in [4.69, 9.17) is 4.74 Å². The minimum Gasteiger partial charge on any atom is -0.456 e. The lowest BCUT2D eigenvalue weighted by Crippen LogP contribution is -2.21. The Bertz CT molecular complexity index is 539. The summed E-state index contributed by atoms with van der Waals surface area (Å²) in [6.07, 6.45) is 6.06. The molecule has 5 heteroatoms. The van der Waals surface area contributed by atoms with E-state index >= 15 is 0 Å². The van der Waals surface area contributed by atoms with Gasteiger partial charge in [-0.25, -0.2) is 4.39 Å². The normalized spacial score (nSPS) is 14.8. The molecule has 22 heavy (non-hydrogen) atoms. The molecule has 0 spiro atoms. The zero-order valence-electron chi connectivity index (χ0n) is 12.9. The molecule has 2 rings (SSSR count). The first-order valence-electron chi connectivity index (χ1n) is 7.76. The average Bonchev–Trinajstić information content (AvgIpc) is 3.00. The largest absolute Gasteiger partial charge is 0.456 e. The van der Waals surface area contributed by atoms with Crippen LogP contribution in [0.3, 0.4) is 0 Å². The van der Waals surface area contributed by atoms with Crippen LogP contribution in [0.4, 0.5) is 10.1 Å². The van der Waals surface area contributed by atoms with Crippen molar-refractivity contribution in [3.8, 4) is 0 Å². The Kier molecular flexibility index (Phi) is 5.92. The zero-order chi connectivity index (χ0) is 15.9. The first kappa shape index (κ1) is 16.5. The Morgan fingerprint density at radius 3 is 2.73 bits per heavy atom. The summed E-state index contributed by atoms with van der Waals surface area (Å²) in [7, 11) is 0. The van der Waals surface area contributed by atoms with E-state index in [0.29, 0.717) is 23.6 Å². The SMILES string of the molecule is Cc1ccc(NC(=O)COC(=O)CCC2CCCC2)cc1F. The lowest BCUT2D eigenvalue weighted by molar-refractivity contribution is -0.147. The fourth-order valence-corrected chi connectivity index (χ4v) is 2.71. The molecule has 1 aliphatic carbocycles. The Morgan fingerprint density at radius 2 is 2.05 bits per heavy atom. The number of hydrogen-bond donors (Lipinski definition) is 1. The summed E-state index contributed by atoms with van der Waals surface area (Å²) >= 11 is 0. The number of hydrogen-bond acceptors (Lipinski definition) is 3. The highest BCUT2D eigenvalue weighted by molar-refractivity contribution is 5.92. The molecule has 0 bridgehead atoms. The van der Waals surface area contributed by atoms with Crippen molar-refractivity contribution in [1.82, 2.24) is 0 Å². The van der Waals surface area contributed by atoms with Gasteiger partial charge in [0.05, 0.1) is 0 Å². The van der Waals surface area contributed by atoms with Gasteiger partial charge in [0.15, 0.2) is 6.61 Å². The molecule has 0 unspecified atom stereocenters. The summed E-state index contributed by atoms with van der Waals surface area (Å²) in [5, 5.41) is 2.51. The van der Waals surface area contributed by atoms with E-state index in [1.807, 2.05) is 0 Å². The third-order valence-electron chi connectivity index (χ3n) is 4.05. The van der Waals surface area contributed by atoms with Gasteiger partial charge in [-0.1, -0.05) is 31.7 Å². The lowest BCUT2D eigenvalue weighted by atomic mass is 10.0. The van der Waals surface area contributed by atoms with Crippen LogP contribution in [0.1, 0.15) is 44.1 Å². The third-order valence-corrected chi connectivity index (χ3v) is 4.05. The highest BCUT2D eigenvalue weighted by atomic mass is 19.1. The van der Waals surface area contributed by atoms with Gasteiger partial charge >= 0.3 is 5.97 Å². The average molecular weight is 307 g/mol. The summed E-state index contributed by atoms with van der Waals surface area (Å²) in [6.45, 7) is 1.31. The highest BCUT2D eigenvalue weighted by Crippen LogP contribution is 2.28. The second kappa shape index (κ2) is 7.92. The van der Waals surface area contributed by atoms with Crippen molar-refractivity contribution in [2.45, 2.75) is 45.4 Å². The summed E-state index contributed by atoms with van der Waals surface area (Å²) in [6, 6.07) is 4.44. The number of carbonyl (C=O) groups is 2. The van der Waals surface area contributed by atoms with Crippen molar-refractivity contribution < 1.29 is 18.7 Å². The van der Waals surface area contributed by atoms with Crippen LogP contribution in [0.25, 0.3) is 0 Å². The van der Waals surface area contributed by atoms with Crippen LogP contribution in [-0.2, 0) is 14.3 Å². The summed E-state index contributed by atoms with van der Waals surface area (Å²) in [5.41, 5.74) is 0.867. The molecule has 0 atom stereocenters. The number of anilines is 1. The zero-order valence-corrected chi connectivity index (χ0v) is 12.9. The maximum atomic E-state index is 13.4. The number of ether oxygens (including phenoxy) is 1. The standard InChI is InChI=1S/C17H22FNO3/c1-12-6-8-14(10-15(12)18)19-16(20)11-22-17(21)9-7-13-4-2-3-5-13/h6,8,10,13H,2-5,7,9,11H2,1H3,(H,19,20). The summed E-state index contributed by atoms with van der Waals surface area (Å²) in [5.74, 6) is -0.571. The predicted molar refractivity (Wildman–Crippen MR) is 81.9 cm³/mol. The van der Waals surface area contributed by atoms with Gasteiger partial charge in [0.25, 0.3) is 5.91 Å². The summed E-state index contributed by atoms with van der Waals surface area (Å²) in [4.78, 5) is 23.3. The second-order valence-electron chi connectivity index (χ2n) is 5.86. The molecule has 0 aromatic heterocycles. The molecule has 120 valence electrons. The van der Waals surface area contributed by atoms with Gasteiger partial charge in [-0.3, -0.25) is 9.59 Å². The fraction of sp³-hybridized carbons (Fsp3) is 0.529. The lowest BCUT2D eigenvalue weighted by Gasteiger charge is -2.09. The van der Waals surface area contributed by atoms with E-state index in [-0.39, 0.29) is 18.4 Å². The minimum absolute atomic E-state index is 0.334. The number of esters is 1. The first-order valence-corrected chi connectivity index (χ1v) is 7.76. The molecular formula is C17H22FNO3. The van der Waals surface area contributed by atoms with E-state index in [1.54, 1.807) is 19.1 Å². The van der Waals surface area contributed by atoms with Crippen molar-refractivity contribution >= 4 is 17.6 Å². The fourth-order valence-electron chi connectivity index (χ4n) is 2.71. The molecule has 4 nitrogen and oxygen atoms in total. The number of aryl methyl sites for hydroxylation is 1. The Morgan fingerprint density at radius 1 is 1.32 bits per heavy atom. The molecule has 1 amide bonds. The number of carbonyl (C=O) groups excluding carboxylic acids is 2. The number of nitrogens with one attached hydrogen (secondary N) is 1. The van der Waals surface area contributed by atoms with Crippen molar-refractivity contribution in [3.63, 3.8) is 0 Å². The molecule has 0 saturated heterocycles. The van der Waals surface area contributed by atoms with E-state index in [1.165, 1.54) is 31.7 Å². The molecule has 1 aliphatic rings. The predicted octanol–water partition coefficient (Wildman–Crippen LogP) is 3.59. The van der Waals surface area contributed by atoms with E-state index in [2.05, 4.69) is 5.32 Å². The van der Waals surface area contributed by atoms with Gasteiger partial charge in [-0.2, -0.15) is 0 Å². The van der Waals surface area contributed by atoms with Crippen LogP contribution < -0.4 is 5.32 Å². The molecule has 1 aromatic carbocycles. The van der Waals surface area contributed by atoms with Gasteiger partial charge in [0.1, 0.15) is 5.82 Å². The maximum Gasteiger partial charge on any atom is 0.306 e. The van der Waals surface area contributed by atoms with Gasteiger partial charge in [-0.15, -0.1) is 0 Å². The number of rotatable bonds is 6. The van der Waals surface area contributed by atoms with Crippen LogP contribution in [0.5, 0.6) is 0 Å². The molecule has 1 saturated carbocycles. The van der Waals surface area contributed by atoms with Crippen molar-refractivity contribution in [3.05, 3.63) is 29.6 Å². The molecule has 1 aromatic rings. The summed E-state index contributed by atoms with van der Waals surface area (Å²) < 4.78 is 18.3. The third kappa shape index (κ3) is 5.13. The van der Waals surface area contributed by atoms with Crippen molar-refractivity contribution in [2.75, 3.05) is 11.9 Å². The molecular weight excluding hydrogens is 285 g/mol. The number of halogens is 1. The highest BCUT2D eigenvalue weighted by Gasteiger charge is 2.17. The molecule has 0 heterocycles. The van der Waals surface area contributed by atoms with Gasteiger partial charge in [0, 0.05) is 12.1 Å². The monoisotopic (exact) mass is 307 g/mol. The minimum atomic E-state index is -0.461. The topological polar surface area (TPSA) is 55.4 Å². The number of amides is 1. The first-order chi connectivity index (χ1) is 10.5. The van der Waals surface area contributed by atoms with Crippen LogP contribution in [0.15, 0.2) is 18.2 Å². The molecule has 0 aliphatic heterocycles. The van der Waals surface area contributed by atoms with Crippen LogP contribution in [-0.4, -0.2) is 18.5 Å². The van der Waals surface area contributed by atoms with Crippen molar-refractivity contribution in [1.29, 1.82) is 0 Å². The molecule has 1 fully saturated rings. The van der Waals surface area contributed by atoms with Gasteiger partial charge in [-0.05, 0) is 37.0 Å². The number of benzene rings is 1. The molecule has 1 N–H and O–H groups in total. The van der Waals surface area contributed by atoms with E-state index in [9.17, 15) is 14.0 Å². The molecule has 0 radical (unpaired) electrons. The Hall–Kier alpha value is -1.91. The van der Waals surface area contributed by atoms with Gasteiger partial charge < -0.3 is 10.1 Å². The van der Waals surface area contributed by atoms with Crippen LogP contribution in [0, 0.1) is 18.7 Å². The maximum absolute atomic E-state index is 13.4. The van der Waals surface area contributed by atoms with Gasteiger partial charge in [0.2, 0.25) is 0 Å². The quantitative estimate of drug-likeness (QED) is 0.817. The van der Waals surface area contributed by atoms with E-state index < -0.39 is 5.91 Å². The van der Waals surface area contributed by atoms with Crippen LogP contribution >= 0.6 is 0 Å². The Labute approximate surface area is 130 Å². The van der Waals surface area contributed by atoms with Crippen LogP contribution in [0.2, 0.25) is 0 Å². The second-order valence-corrected chi connectivity index (χ2v) is 5.86. The Balaban J connectivity index is 1.68. The van der Waals surface area contributed by atoms with E-state index in [0.717, 1.165) is 6.42 Å². The smallest absolute Gasteiger partial charge is 0.306 e. The van der Waals surface area contributed by atoms with Crippen molar-refractivity contribution in [2.24, 2.45) is 5.92 Å².